The number of ether oxygens (including phenoxy) is 2. The van der Waals surface area contributed by atoms with Gasteiger partial charge in [-0.2, -0.15) is 0 Å². The van der Waals surface area contributed by atoms with E-state index in [9.17, 15) is 9.59 Å². The zero-order chi connectivity index (χ0) is 17.0. The van der Waals surface area contributed by atoms with Gasteiger partial charge >= 0.3 is 0 Å². The standard InChI is InChI=1S/C16H21ClN2O4/c1-11(17)15(20)18-6-8-19(9-7-18)16(21)12-4-5-13(22-2)14(10-12)23-3/h4-5,10-11H,6-9H2,1-3H3. The van der Waals surface area contributed by atoms with Gasteiger partial charge in [0, 0.05) is 31.7 Å². The predicted octanol–water partition coefficient (Wildman–Crippen LogP) is 1.62. The fourth-order valence-corrected chi connectivity index (χ4v) is 2.67. The van der Waals surface area contributed by atoms with Gasteiger partial charge in [-0.1, -0.05) is 0 Å². The fraction of sp³-hybridized carbons (Fsp3) is 0.500. The van der Waals surface area contributed by atoms with Gasteiger partial charge in [-0.15, -0.1) is 11.6 Å². The van der Waals surface area contributed by atoms with Crippen molar-refractivity contribution in [3.05, 3.63) is 23.8 Å². The normalized spacial score (nSPS) is 16.0. The molecule has 23 heavy (non-hydrogen) atoms. The van der Waals surface area contributed by atoms with E-state index in [0.717, 1.165) is 0 Å². The molecule has 2 rings (SSSR count). The number of benzene rings is 1. The molecular formula is C16H21ClN2O4. The number of nitrogens with zero attached hydrogens (tertiary/aromatic N) is 2. The molecule has 0 aliphatic carbocycles. The third-order valence-electron chi connectivity index (χ3n) is 3.85. The second-order valence-corrected chi connectivity index (χ2v) is 5.96. The highest BCUT2D eigenvalue weighted by molar-refractivity contribution is 6.30. The van der Waals surface area contributed by atoms with E-state index < -0.39 is 5.38 Å². The molecule has 0 bridgehead atoms. The highest BCUT2D eigenvalue weighted by Crippen LogP contribution is 2.28. The summed E-state index contributed by atoms with van der Waals surface area (Å²) in [6.07, 6.45) is 0. The first-order valence-electron chi connectivity index (χ1n) is 7.42. The van der Waals surface area contributed by atoms with E-state index in [1.807, 2.05) is 0 Å². The van der Waals surface area contributed by atoms with Gasteiger partial charge in [0.2, 0.25) is 5.91 Å². The van der Waals surface area contributed by atoms with Gasteiger partial charge in [-0.3, -0.25) is 9.59 Å². The molecule has 0 saturated carbocycles. The third-order valence-corrected chi connectivity index (χ3v) is 4.04. The van der Waals surface area contributed by atoms with Gasteiger partial charge in [0.1, 0.15) is 5.38 Å². The molecule has 0 radical (unpaired) electrons. The van der Waals surface area contributed by atoms with Crippen molar-refractivity contribution in [1.29, 1.82) is 0 Å². The molecule has 1 heterocycles. The summed E-state index contributed by atoms with van der Waals surface area (Å²) < 4.78 is 10.4. The van der Waals surface area contributed by atoms with Gasteiger partial charge in [-0.05, 0) is 25.1 Å². The van der Waals surface area contributed by atoms with Crippen molar-refractivity contribution < 1.29 is 19.1 Å². The van der Waals surface area contributed by atoms with E-state index in [2.05, 4.69) is 0 Å². The van der Waals surface area contributed by atoms with Crippen LogP contribution in [0, 0.1) is 0 Å². The maximum Gasteiger partial charge on any atom is 0.254 e. The first-order valence-corrected chi connectivity index (χ1v) is 7.85. The molecule has 1 atom stereocenters. The maximum atomic E-state index is 12.6. The van der Waals surface area contributed by atoms with E-state index >= 15 is 0 Å². The second kappa shape index (κ2) is 7.55. The molecule has 7 heteroatoms. The Balaban J connectivity index is 2.04. The van der Waals surface area contributed by atoms with E-state index in [0.29, 0.717) is 43.2 Å². The van der Waals surface area contributed by atoms with Crippen LogP contribution < -0.4 is 9.47 Å². The van der Waals surface area contributed by atoms with Crippen LogP contribution in [0.5, 0.6) is 11.5 Å². The predicted molar refractivity (Wildman–Crippen MR) is 87.3 cm³/mol. The minimum absolute atomic E-state index is 0.0861. The molecule has 1 saturated heterocycles. The first kappa shape index (κ1) is 17.4. The Bertz CT molecular complexity index is 583. The Hall–Kier alpha value is -1.95. The summed E-state index contributed by atoms with van der Waals surface area (Å²) in [5, 5.41) is -0.539. The molecule has 6 nitrogen and oxygen atoms in total. The minimum Gasteiger partial charge on any atom is -0.493 e. The van der Waals surface area contributed by atoms with Crippen LogP contribution in [0.1, 0.15) is 17.3 Å². The largest absolute Gasteiger partial charge is 0.493 e. The van der Waals surface area contributed by atoms with Crippen LogP contribution in [-0.4, -0.2) is 67.4 Å². The van der Waals surface area contributed by atoms with E-state index in [1.54, 1.807) is 42.0 Å². The van der Waals surface area contributed by atoms with Crippen LogP contribution in [0.15, 0.2) is 18.2 Å². The highest BCUT2D eigenvalue weighted by Gasteiger charge is 2.27. The minimum atomic E-state index is -0.539. The average molecular weight is 341 g/mol. The number of carbonyl (C=O) groups is 2. The number of hydrogen-bond acceptors (Lipinski definition) is 4. The Morgan fingerprint density at radius 1 is 1.04 bits per heavy atom. The molecule has 1 aromatic carbocycles. The van der Waals surface area contributed by atoms with Gasteiger partial charge in [0.15, 0.2) is 11.5 Å². The number of carbonyl (C=O) groups excluding carboxylic acids is 2. The van der Waals surface area contributed by atoms with E-state index in [4.69, 9.17) is 21.1 Å². The maximum absolute atomic E-state index is 12.6. The van der Waals surface area contributed by atoms with Gasteiger partial charge < -0.3 is 19.3 Å². The summed E-state index contributed by atoms with van der Waals surface area (Å²) in [6, 6.07) is 5.09. The number of rotatable bonds is 4. The summed E-state index contributed by atoms with van der Waals surface area (Å²) in [5.41, 5.74) is 0.535. The zero-order valence-electron chi connectivity index (χ0n) is 13.5. The molecule has 0 N–H and O–H groups in total. The third kappa shape index (κ3) is 3.88. The van der Waals surface area contributed by atoms with Crippen LogP contribution in [0.3, 0.4) is 0 Å². The lowest BCUT2D eigenvalue weighted by Crippen LogP contribution is -2.52. The summed E-state index contributed by atoms with van der Waals surface area (Å²) in [7, 11) is 3.08. The molecule has 0 spiro atoms. The first-order chi connectivity index (χ1) is 11.0. The Kier molecular flexibility index (Phi) is 5.71. The monoisotopic (exact) mass is 340 g/mol. The van der Waals surface area contributed by atoms with Crippen LogP contribution >= 0.6 is 11.6 Å². The number of alkyl halides is 1. The number of methoxy groups -OCH3 is 2. The van der Waals surface area contributed by atoms with E-state index in [-0.39, 0.29) is 11.8 Å². The summed E-state index contributed by atoms with van der Waals surface area (Å²) in [4.78, 5) is 27.9. The molecule has 126 valence electrons. The van der Waals surface area contributed by atoms with Gasteiger partial charge in [-0.25, -0.2) is 0 Å². The summed E-state index contributed by atoms with van der Waals surface area (Å²) in [6.45, 7) is 3.62. The van der Waals surface area contributed by atoms with Crippen LogP contribution in [0.4, 0.5) is 0 Å². The number of hydrogen-bond donors (Lipinski definition) is 0. The van der Waals surface area contributed by atoms with Crippen LogP contribution in [0.25, 0.3) is 0 Å². The summed E-state index contributed by atoms with van der Waals surface area (Å²) >= 11 is 5.82. The molecule has 2 amide bonds. The van der Waals surface area contributed by atoms with Crippen molar-refractivity contribution in [3.8, 4) is 11.5 Å². The van der Waals surface area contributed by atoms with Crippen LogP contribution in [0.2, 0.25) is 0 Å². The molecule has 1 aliphatic heterocycles. The quantitative estimate of drug-likeness (QED) is 0.781. The highest BCUT2D eigenvalue weighted by atomic mass is 35.5. The molecule has 1 fully saturated rings. The zero-order valence-corrected chi connectivity index (χ0v) is 14.3. The lowest BCUT2D eigenvalue weighted by atomic mass is 10.1. The Morgan fingerprint density at radius 2 is 1.61 bits per heavy atom. The van der Waals surface area contributed by atoms with Crippen molar-refractivity contribution >= 4 is 23.4 Å². The number of amides is 2. The van der Waals surface area contributed by atoms with Crippen molar-refractivity contribution in [3.63, 3.8) is 0 Å². The number of piperazine rings is 1. The van der Waals surface area contributed by atoms with Gasteiger partial charge in [0.25, 0.3) is 5.91 Å². The lowest BCUT2D eigenvalue weighted by molar-refractivity contribution is -0.131. The van der Waals surface area contributed by atoms with E-state index in [1.165, 1.54) is 7.11 Å². The topological polar surface area (TPSA) is 59.1 Å². The van der Waals surface area contributed by atoms with Crippen molar-refractivity contribution in [2.75, 3.05) is 40.4 Å². The Labute approximate surface area is 140 Å². The average Bonchev–Trinajstić information content (AvgIpc) is 2.59. The SMILES string of the molecule is COc1ccc(C(=O)N2CCN(C(=O)C(C)Cl)CC2)cc1OC. The second-order valence-electron chi connectivity index (χ2n) is 5.30. The molecule has 1 aromatic rings. The molecule has 1 unspecified atom stereocenters. The van der Waals surface area contributed by atoms with Gasteiger partial charge in [0.05, 0.1) is 14.2 Å². The van der Waals surface area contributed by atoms with Crippen molar-refractivity contribution in [1.82, 2.24) is 9.80 Å². The van der Waals surface area contributed by atoms with Crippen LogP contribution in [-0.2, 0) is 4.79 Å². The molecule has 0 aromatic heterocycles. The lowest BCUT2D eigenvalue weighted by Gasteiger charge is -2.35. The van der Waals surface area contributed by atoms with Crippen molar-refractivity contribution in [2.24, 2.45) is 0 Å². The Morgan fingerprint density at radius 3 is 2.13 bits per heavy atom. The summed E-state index contributed by atoms with van der Waals surface area (Å²) in [5.74, 6) is 0.917. The van der Waals surface area contributed by atoms with Crippen molar-refractivity contribution in [2.45, 2.75) is 12.3 Å². The number of halogens is 1. The molecular weight excluding hydrogens is 320 g/mol. The smallest absolute Gasteiger partial charge is 0.254 e. The molecule has 1 aliphatic rings. The fourth-order valence-electron chi connectivity index (χ4n) is 2.53.